The van der Waals surface area contributed by atoms with Crippen LogP contribution < -0.4 is 0 Å². The minimum Gasteiger partial charge on any atom is -0.295 e. The Morgan fingerprint density at radius 2 is 1.94 bits per heavy atom. The van der Waals surface area contributed by atoms with E-state index in [1.807, 2.05) is 25.1 Å². The first kappa shape index (κ1) is 14.9. The average molecular weight is 270 g/mol. The van der Waals surface area contributed by atoms with Gasteiger partial charge < -0.3 is 0 Å². The minimum absolute atomic E-state index is 0.0153. The number of ketones is 1. The van der Waals surface area contributed by atoms with E-state index in [-0.39, 0.29) is 18.3 Å². The number of rotatable bonds is 6. The molecule has 0 aliphatic rings. The van der Waals surface area contributed by atoms with E-state index < -0.39 is 10.1 Å². The Labute approximate surface area is 108 Å². The zero-order chi connectivity index (χ0) is 13.8. The molecule has 0 aliphatic carbocycles. The first-order valence-corrected chi connectivity index (χ1v) is 7.57. The molecule has 1 atom stereocenters. The molecule has 0 bridgehead atoms. The maximum atomic E-state index is 11.5. The van der Waals surface area contributed by atoms with Crippen molar-refractivity contribution >= 4 is 15.9 Å². The molecule has 0 saturated carbocycles. The molecule has 0 radical (unpaired) electrons. The maximum absolute atomic E-state index is 11.5. The van der Waals surface area contributed by atoms with Crippen molar-refractivity contribution in [3.8, 4) is 0 Å². The molecule has 1 aromatic rings. The van der Waals surface area contributed by atoms with Gasteiger partial charge in [-0.1, -0.05) is 31.2 Å². The number of carbonyl (C=O) groups is 1. The van der Waals surface area contributed by atoms with Crippen LogP contribution in [0.3, 0.4) is 0 Å². The van der Waals surface area contributed by atoms with Crippen LogP contribution in [0, 0.1) is 0 Å². The van der Waals surface area contributed by atoms with E-state index in [4.69, 9.17) is 4.18 Å². The van der Waals surface area contributed by atoms with Gasteiger partial charge in [0.05, 0.1) is 12.9 Å². The lowest BCUT2D eigenvalue weighted by atomic mass is 9.92. The molecular formula is C13H18O4S. The lowest BCUT2D eigenvalue weighted by Crippen LogP contribution is -2.09. The van der Waals surface area contributed by atoms with Crippen molar-refractivity contribution in [3.05, 3.63) is 35.4 Å². The molecule has 1 rings (SSSR count). The second-order valence-electron chi connectivity index (χ2n) is 4.36. The fourth-order valence-corrected chi connectivity index (χ4v) is 2.18. The quantitative estimate of drug-likeness (QED) is 0.588. The molecule has 0 heterocycles. The summed E-state index contributed by atoms with van der Waals surface area (Å²) < 4.78 is 26.4. The second kappa shape index (κ2) is 6.11. The largest absolute Gasteiger partial charge is 0.295 e. The zero-order valence-electron chi connectivity index (χ0n) is 10.8. The van der Waals surface area contributed by atoms with Crippen LogP contribution >= 0.6 is 0 Å². The lowest BCUT2D eigenvalue weighted by molar-refractivity contribution is 0.101. The number of hydrogen-bond acceptors (Lipinski definition) is 4. The summed E-state index contributed by atoms with van der Waals surface area (Å²) in [4.78, 5) is 11.5. The molecular weight excluding hydrogens is 252 g/mol. The van der Waals surface area contributed by atoms with E-state index >= 15 is 0 Å². The summed E-state index contributed by atoms with van der Waals surface area (Å²) in [5.41, 5.74) is 1.62. The Kier molecular flexibility index (Phi) is 5.04. The molecule has 0 aliphatic heterocycles. The molecule has 4 nitrogen and oxygen atoms in total. The smallest absolute Gasteiger partial charge is 0.264 e. The zero-order valence-corrected chi connectivity index (χ0v) is 11.7. The molecule has 1 aromatic carbocycles. The Bertz CT molecular complexity index is 520. The molecule has 0 amide bonds. The summed E-state index contributed by atoms with van der Waals surface area (Å²) >= 11 is 0. The summed E-state index contributed by atoms with van der Waals surface area (Å²) in [6, 6.07) is 7.36. The topological polar surface area (TPSA) is 60.4 Å². The van der Waals surface area contributed by atoms with Gasteiger partial charge in [-0.25, -0.2) is 0 Å². The average Bonchev–Trinajstić information content (AvgIpc) is 2.27. The van der Waals surface area contributed by atoms with Gasteiger partial charge in [0.15, 0.2) is 5.78 Å². The summed E-state index contributed by atoms with van der Waals surface area (Å²) in [5.74, 6) is 0.0910. The molecule has 0 fully saturated rings. The van der Waals surface area contributed by atoms with Crippen LogP contribution in [0.4, 0.5) is 0 Å². The highest BCUT2D eigenvalue weighted by Gasteiger charge is 2.13. The van der Waals surface area contributed by atoms with E-state index in [1.165, 1.54) is 6.92 Å². The van der Waals surface area contributed by atoms with Crippen LogP contribution in [0.15, 0.2) is 24.3 Å². The molecule has 0 saturated heterocycles. The SMILES string of the molecule is CC(=O)c1ccccc1C(C)CCOS(C)(=O)=O. The molecule has 18 heavy (non-hydrogen) atoms. The number of benzene rings is 1. The number of Topliss-reactive ketones (excluding diaryl/α,β-unsaturated/α-hetero) is 1. The highest BCUT2D eigenvalue weighted by molar-refractivity contribution is 7.85. The van der Waals surface area contributed by atoms with E-state index in [2.05, 4.69) is 0 Å². The van der Waals surface area contributed by atoms with Gasteiger partial charge in [-0.15, -0.1) is 0 Å². The van der Waals surface area contributed by atoms with Crippen LogP contribution in [-0.4, -0.2) is 27.1 Å². The highest BCUT2D eigenvalue weighted by Crippen LogP contribution is 2.23. The third-order valence-electron chi connectivity index (χ3n) is 2.72. The third-order valence-corrected chi connectivity index (χ3v) is 3.31. The Morgan fingerprint density at radius 1 is 1.33 bits per heavy atom. The molecule has 0 aromatic heterocycles. The molecule has 5 heteroatoms. The van der Waals surface area contributed by atoms with Crippen molar-refractivity contribution in [2.24, 2.45) is 0 Å². The van der Waals surface area contributed by atoms with E-state index in [1.54, 1.807) is 6.07 Å². The third kappa shape index (κ3) is 4.58. The van der Waals surface area contributed by atoms with E-state index in [9.17, 15) is 13.2 Å². The van der Waals surface area contributed by atoms with Crippen LogP contribution in [-0.2, 0) is 14.3 Å². The Morgan fingerprint density at radius 3 is 2.50 bits per heavy atom. The number of carbonyl (C=O) groups excluding carboxylic acids is 1. The minimum atomic E-state index is -3.40. The number of hydrogen-bond donors (Lipinski definition) is 0. The second-order valence-corrected chi connectivity index (χ2v) is 6.00. The van der Waals surface area contributed by atoms with Gasteiger partial charge >= 0.3 is 0 Å². The van der Waals surface area contributed by atoms with Crippen molar-refractivity contribution in [1.29, 1.82) is 0 Å². The monoisotopic (exact) mass is 270 g/mol. The summed E-state index contributed by atoms with van der Waals surface area (Å²) in [6.07, 6.45) is 1.58. The first-order valence-electron chi connectivity index (χ1n) is 5.75. The highest BCUT2D eigenvalue weighted by atomic mass is 32.2. The first-order chi connectivity index (χ1) is 8.31. The van der Waals surface area contributed by atoms with Crippen molar-refractivity contribution in [2.75, 3.05) is 12.9 Å². The van der Waals surface area contributed by atoms with Crippen molar-refractivity contribution in [2.45, 2.75) is 26.2 Å². The lowest BCUT2D eigenvalue weighted by Gasteiger charge is -2.14. The Balaban J connectivity index is 2.73. The summed E-state index contributed by atoms with van der Waals surface area (Å²) in [5, 5.41) is 0. The van der Waals surface area contributed by atoms with Gasteiger partial charge in [0.25, 0.3) is 10.1 Å². The predicted octanol–water partition coefficient (Wildman–Crippen LogP) is 2.36. The predicted molar refractivity (Wildman–Crippen MR) is 70.3 cm³/mol. The van der Waals surface area contributed by atoms with Crippen LogP contribution in [0.2, 0.25) is 0 Å². The Hall–Kier alpha value is -1.20. The van der Waals surface area contributed by atoms with Crippen LogP contribution in [0.25, 0.3) is 0 Å². The standard InChI is InChI=1S/C13H18O4S/c1-10(8-9-17-18(3,15)16)12-6-4-5-7-13(12)11(2)14/h4-7,10H,8-9H2,1-3H3. The van der Waals surface area contributed by atoms with Crippen molar-refractivity contribution in [1.82, 2.24) is 0 Å². The van der Waals surface area contributed by atoms with Gasteiger partial charge in [0.2, 0.25) is 0 Å². The summed E-state index contributed by atoms with van der Waals surface area (Å²) in [6.45, 7) is 3.61. The van der Waals surface area contributed by atoms with Crippen LogP contribution in [0.1, 0.15) is 42.1 Å². The molecule has 1 unspecified atom stereocenters. The van der Waals surface area contributed by atoms with E-state index in [0.29, 0.717) is 12.0 Å². The fourth-order valence-electron chi connectivity index (χ4n) is 1.78. The molecule has 0 N–H and O–H groups in total. The van der Waals surface area contributed by atoms with Crippen molar-refractivity contribution in [3.63, 3.8) is 0 Å². The van der Waals surface area contributed by atoms with Gasteiger partial charge in [-0.3, -0.25) is 8.98 Å². The van der Waals surface area contributed by atoms with Crippen LogP contribution in [0.5, 0.6) is 0 Å². The summed E-state index contributed by atoms with van der Waals surface area (Å²) in [7, 11) is -3.40. The van der Waals surface area contributed by atoms with Gasteiger partial charge in [-0.05, 0) is 24.8 Å². The molecule has 0 spiro atoms. The van der Waals surface area contributed by atoms with Gasteiger partial charge in [0.1, 0.15) is 0 Å². The maximum Gasteiger partial charge on any atom is 0.264 e. The van der Waals surface area contributed by atoms with Gasteiger partial charge in [-0.2, -0.15) is 8.42 Å². The normalized spacial score (nSPS) is 13.3. The van der Waals surface area contributed by atoms with E-state index in [0.717, 1.165) is 11.8 Å². The fraction of sp³-hybridized carbons (Fsp3) is 0.462. The van der Waals surface area contributed by atoms with Crippen molar-refractivity contribution < 1.29 is 17.4 Å². The van der Waals surface area contributed by atoms with Gasteiger partial charge in [0, 0.05) is 5.56 Å². The molecule has 100 valence electrons.